The first-order valence-electron chi connectivity index (χ1n) is 6.52. The van der Waals surface area contributed by atoms with Gasteiger partial charge < -0.3 is 15.2 Å². The van der Waals surface area contributed by atoms with Gasteiger partial charge in [-0.05, 0) is 19.3 Å². The standard InChI is InChI=1S/C12H24N2O2/c1-2-10-9-15-7-5-14(10)11(8-13)12-4-3-6-16-12/h10-12H,2-9,13H2,1H3. The van der Waals surface area contributed by atoms with Crippen LogP contribution >= 0.6 is 0 Å². The van der Waals surface area contributed by atoms with E-state index in [0.717, 1.165) is 39.2 Å². The maximum absolute atomic E-state index is 5.94. The second-order valence-corrected chi connectivity index (χ2v) is 4.73. The molecular formula is C12H24N2O2. The molecule has 0 aliphatic carbocycles. The maximum Gasteiger partial charge on any atom is 0.0743 e. The van der Waals surface area contributed by atoms with Crippen LogP contribution in [0.3, 0.4) is 0 Å². The quantitative estimate of drug-likeness (QED) is 0.765. The van der Waals surface area contributed by atoms with Crippen LogP contribution in [-0.4, -0.2) is 56.0 Å². The molecule has 3 unspecified atom stereocenters. The van der Waals surface area contributed by atoms with Gasteiger partial charge in [-0.3, -0.25) is 4.90 Å². The van der Waals surface area contributed by atoms with Gasteiger partial charge in [-0.15, -0.1) is 0 Å². The fourth-order valence-electron chi connectivity index (χ4n) is 2.86. The summed E-state index contributed by atoms with van der Waals surface area (Å²) in [5.74, 6) is 0. The topological polar surface area (TPSA) is 47.7 Å². The molecule has 2 rings (SSSR count). The van der Waals surface area contributed by atoms with Crippen LogP contribution in [0, 0.1) is 0 Å². The smallest absolute Gasteiger partial charge is 0.0743 e. The van der Waals surface area contributed by atoms with Crippen molar-refractivity contribution >= 4 is 0 Å². The van der Waals surface area contributed by atoms with Crippen LogP contribution in [0.15, 0.2) is 0 Å². The zero-order chi connectivity index (χ0) is 11.4. The number of hydrogen-bond acceptors (Lipinski definition) is 4. The molecule has 94 valence electrons. The maximum atomic E-state index is 5.94. The minimum absolute atomic E-state index is 0.345. The molecule has 3 atom stereocenters. The zero-order valence-electron chi connectivity index (χ0n) is 10.2. The molecule has 0 aromatic rings. The van der Waals surface area contributed by atoms with Crippen LogP contribution in [-0.2, 0) is 9.47 Å². The summed E-state index contributed by atoms with van der Waals surface area (Å²) in [4.78, 5) is 2.51. The van der Waals surface area contributed by atoms with Crippen molar-refractivity contribution in [3.63, 3.8) is 0 Å². The van der Waals surface area contributed by atoms with Crippen LogP contribution in [0.4, 0.5) is 0 Å². The van der Waals surface area contributed by atoms with Crippen LogP contribution in [0.1, 0.15) is 26.2 Å². The van der Waals surface area contributed by atoms with Gasteiger partial charge in [0.05, 0.1) is 19.3 Å². The number of morpholine rings is 1. The van der Waals surface area contributed by atoms with E-state index in [4.69, 9.17) is 15.2 Å². The van der Waals surface area contributed by atoms with Crippen molar-refractivity contribution in [2.45, 2.75) is 44.4 Å². The molecule has 4 nitrogen and oxygen atoms in total. The molecule has 0 aromatic heterocycles. The number of nitrogens with zero attached hydrogens (tertiary/aromatic N) is 1. The van der Waals surface area contributed by atoms with Gasteiger partial charge in [0.25, 0.3) is 0 Å². The largest absolute Gasteiger partial charge is 0.378 e. The van der Waals surface area contributed by atoms with E-state index in [1.807, 2.05) is 0 Å². The van der Waals surface area contributed by atoms with E-state index < -0.39 is 0 Å². The highest BCUT2D eigenvalue weighted by Gasteiger charge is 2.34. The van der Waals surface area contributed by atoms with Gasteiger partial charge in [0.2, 0.25) is 0 Å². The second-order valence-electron chi connectivity index (χ2n) is 4.73. The van der Waals surface area contributed by atoms with E-state index in [1.54, 1.807) is 0 Å². The molecule has 2 heterocycles. The number of nitrogens with two attached hydrogens (primary N) is 1. The van der Waals surface area contributed by atoms with Gasteiger partial charge in [0, 0.05) is 31.8 Å². The molecule has 2 saturated heterocycles. The Bertz CT molecular complexity index is 205. The third kappa shape index (κ3) is 2.56. The van der Waals surface area contributed by atoms with Crippen molar-refractivity contribution in [3.05, 3.63) is 0 Å². The lowest BCUT2D eigenvalue weighted by Gasteiger charge is -2.42. The van der Waals surface area contributed by atoms with E-state index in [0.29, 0.717) is 24.7 Å². The summed E-state index contributed by atoms with van der Waals surface area (Å²) in [6.07, 6.45) is 3.82. The average Bonchev–Trinajstić information content (AvgIpc) is 2.84. The van der Waals surface area contributed by atoms with Gasteiger partial charge in [0.1, 0.15) is 0 Å². The van der Waals surface area contributed by atoms with Crippen LogP contribution in [0.2, 0.25) is 0 Å². The summed E-state index contributed by atoms with van der Waals surface area (Å²) in [5.41, 5.74) is 5.94. The Kier molecular flexibility index (Phi) is 4.58. The first kappa shape index (κ1) is 12.3. The highest BCUT2D eigenvalue weighted by Crippen LogP contribution is 2.23. The number of rotatable bonds is 4. The monoisotopic (exact) mass is 228 g/mol. The van der Waals surface area contributed by atoms with Crippen molar-refractivity contribution in [2.75, 3.05) is 32.9 Å². The lowest BCUT2D eigenvalue weighted by atomic mass is 10.0. The molecule has 2 fully saturated rings. The molecular weight excluding hydrogens is 204 g/mol. The Labute approximate surface area is 98.1 Å². The lowest BCUT2D eigenvalue weighted by molar-refractivity contribution is -0.0621. The normalized spacial score (nSPS) is 34.1. The number of hydrogen-bond donors (Lipinski definition) is 1. The molecule has 0 aromatic carbocycles. The highest BCUT2D eigenvalue weighted by molar-refractivity contribution is 4.88. The van der Waals surface area contributed by atoms with Crippen LogP contribution in [0.25, 0.3) is 0 Å². The van der Waals surface area contributed by atoms with E-state index in [1.165, 1.54) is 6.42 Å². The van der Waals surface area contributed by atoms with Crippen molar-refractivity contribution in [2.24, 2.45) is 5.73 Å². The summed E-state index contributed by atoms with van der Waals surface area (Å²) in [6, 6.07) is 0.905. The molecule has 4 heteroatoms. The van der Waals surface area contributed by atoms with E-state index in [9.17, 15) is 0 Å². The summed E-state index contributed by atoms with van der Waals surface area (Å²) in [7, 11) is 0. The number of ether oxygens (including phenoxy) is 2. The van der Waals surface area contributed by atoms with Gasteiger partial charge in [-0.25, -0.2) is 0 Å². The van der Waals surface area contributed by atoms with Crippen molar-refractivity contribution in [1.29, 1.82) is 0 Å². The second kappa shape index (κ2) is 5.96. The Morgan fingerprint density at radius 2 is 2.31 bits per heavy atom. The molecule has 0 amide bonds. The summed E-state index contributed by atoms with van der Waals surface area (Å²) in [6.45, 7) is 6.50. The third-order valence-electron chi connectivity index (χ3n) is 3.81. The van der Waals surface area contributed by atoms with Crippen molar-refractivity contribution in [3.8, 4) is 0 Å². The minimum Gasteiger partial charge on any atom is -0.378 e. The minimum atomic E-state index is 0.345. The van der Waals surface area contributed by atoms with Crippen LogP contribution in [0.5, 0.6) is 0 Å². The van der Waals surface area contributed by atoms with E-state index >= 15 is 0 Å². The molecule has 0 radical (unpaired) electrons. The van der Waals surface area contributed by atoms with Gasteiger partial charge >= 0.3 is 0 Å². The predicted molar refractivity (Wildman–Crippen MR) is 63.4 cm³/mol. The van der Waals surface area contributed by atoms with Gasteiger partial charge in [-0.1, -0.05) is 6.92 Å². The lowest BCUT2D eigenvalue weighted by Crippen LogP contribution is -2.57. The Balaban J connectivity index is 1.99. The summed E-state index contributed by atoms with van der Waals surface area (Å²) < 4.78 is 11.3. The molecule has 16 heavy (non-hydrogen) atoms. The van der Waals surface area contributed by atoms with E-state index in [2.05, 4.69) is 11.8 Å². The van der Waals surface area contributed by atoms with Gasteiger partial charge in [-0.2, -0.15) is 0 Å². The van der Waals surface area contributed by atoms with Crippen molar-refractivity contribution < 1.29 is 9.47 Å². The molecule has 0 bridgehead atoms. The molecule has 0 spiro atoms. The van der Waals surface area contributed by atoms with E-state index in [-0.39, 0.29) is 0 Å². The SMILES string of the molecule is CCC1COCCN1C(CN)C1CCCO1. The molecule has 2 aliphatic heterocycles. The summed E-state index contributed by atoms with van der Waals surface area (Å²) in [5, 5.41) is 0. The van der Waals surface area contributed by atoms with Crippen molar-refractivity contribution in [1.82, 2.24) is 4.90 Å². The fraction of sp³-hybridized carbons (Fsp3) is 1.00. The molecule has 0 saturated carbocycles. The van der Waals surface area contributed by atoms with Gasteiger partial charge in [0.15, 0.2) is 0 Å². The first-order chi connectivity index (χ1) is 7.86. The zero-order valence-corrected chi connectivity index (χ0v) is 10.2. The summed E-state index contributed by atoms with van der Waals surface area (Å²) >= 11 is 0. The first-order valence-corrected chi connectivity index (χ1v) is 6.52. The Morgan fingerprint density at radius 3 is 2.94 bits per heavy atom. The third-order valence-corrected chi connectivity index (χ3v) is 3.81. The highest BCUT2D eigenvalue weighted by atomic mass is 16.5. The van der Waals surface area contributed by atoms with Crippen LogP contribution < -0.4 is 5.73 Å². The molecule has 2 aliphatic rings. The molecule has 2 N–H and O–H groups in total. The Morgan fingerprint density at radius 1 is 1.44 bits per heavy atom. The predicted octanol–water partition coefficient (Wildman–Crippen LogP) is 0.604. The average molecular weight is 228 g/mol. The Hall–Kier alpha value is -0.160. The fourth-order valence-corrected chi connectivity index (χ4v) is 2.86.